The minimum atomic E-state index is -0.760. The number of hydrogen-bond acceptors (Lipinski definition) is 4. The van der Waals surface area contributed by atoms with Crippen molar-refractivity contribution in [2.45, 2.75) is 6.92 Å². The molecule has 0 aliphatic rings. The fourth-order valence-electron chi connectivity index (χ4n) is 1.68. The van der Waals surface area contributed by atoms with Gasteiger partial charge in [-0.3, -0.25) is 4.79 Å². The number of nitrogens with zero attached hydrogens (tertiary/aromatic N) is 2. The van der Waals surface area contributed by atoms with Gasteiger partial charge in [0.1, 0.15) is 0 Å². The Labute approximate surface area is 131 Å². The van der Waals surface area contributed by atoms with Gasteiger partial charge in [-0.05, 0) is 56.5 Å². The van der Waals surface area contributed by atoms with E-state index in [9.17, 15) is 9.59 Å². The lowest BCUT2D eigenvalue weighted by Gasteiger charge is -2.11. The van der Waals surface area contributed by atoms with Gasteiger partial charge in [0.25, 0.3) is 0 Å². The third-order valence-electron chi connectivity index (χ3n) is 2.58. The first-order valence-electron chi connectivity index (χ1n) is 5.58. The van der Waals surface area contributed by atoms with Crippen molar-refractivity contribution in [1.29, 1.82) is 0 Å². The summed E-state index contributed by atoms with van der Waals surface area (Å²) in [6.07, 6.45) is 1.50. The van der Waals surface area contributed by atoms with Crippen LogP contribution in [-0.4, -0.2) is 22.9 Å². The van der Waals surface area contributed by atoms with Gasteiger partial charge in [0.15, 0.2) is 0 Å². The van der Waals surface area contributed by atoms with E-state index in [0.717, 1.165) is 14.5 Å². The predicted octanol–water partition coefficient (Wildman–Crippen LogP) is 2.85. The van der Waals surface area contributed by atoms with E-state index in [2.05, 4.69) is 41.7 Å². The molecule has 0 unspecified atom stereocenters. The topological polar surface area (TPSA) is 61.2 Å². The number of benzene rings is 1. The number of aryl methyl sites for hydroxylation is 1. The van der Waals surface area contributed by atoms with Crippen LogP contribution in [0.5, 0.6) is 0 Å². The Morgan fingerprint density at radius 1 is 1.30 bits per heavy atom. The zero-order valence-electron chi connectivity index (χ0n) is 10.7. The molecule has 20 heavy (non-hydrogen) atoms. The van der Waals surface area contributed by atoms with Crippen molar-refractivity contribution in [2.75, 3.05) is 7.11 Å². The maximum atomic E-state index is 11.6. The van der Waals surface area contributed by atoms with Gasteiger partial charge in [0.2, 0.25) is 11.1 Å². The summed E-state index contributed by atoms with van der Waals surface area (Å²) in [6, 6.07) is 5.10. The van der Waals surface area contributed by atoms with Gasteiger partial charge in [-0.15, -0.1) is 0 Å². The molecule has 0 fully saturated rings. The van der Waals surface area contributed by atoms with Crippen LogP contribution in [0.25, 0.3) is 5.69 Å². The van der Waals surface area contributed by atoms with E-state index in [4.69, 9.17) is 0 Å². The van der Waals surface area contributed by atoms with Crippen LogP contribution in [-0.2, 0) is 4.74 Å². The molecule has 0 amide bonds. The smallest absolute Gasteiger partial charge is 0.362 e. The Balaban J connectivity index is 2.66. The monoisotopic (exact) mass is 400 g/mol. The summed E-state index contributed by atoms with van der Waals surface area (Å²) in [4.78, 5) is 23.1. The maximum Gasteiger partial charge on any atom is 0.362 e. The van der Waals surface area contributed by atoms with Crippen LogP contribution < -0.4 is 5.43 Å². The highest BCUT2D eigenvalue weighted by Crippen LogP contribution is 2.29. The number of ether oxygens (including phenoxy) is 1. The Kier molecular flexibility index (Phi) is 4.39. The fraction of sp³-hybridized carbons (Fsp3) is 0.154. The first kappa shape index (κ1) is 14.9. The Hall–Kier alpha value is -1.47. The molecule has 1 aromatic heterocycles. The summed E-state index contributed by atoms with van der Waals surface area (Å²) in [7, 11) is 1.21. The average molecular weight is 402 g/mol. The molecular weight excluding hydrogens is 392 g/mol. The molecule has 1 aromatic carbocycles. The minimum absolute atomic E-state index is 0.255. The zero-order valence-corrected chi connectivity index (χ0v) is 13.9. The third kappa shape index (κ3) is 2.83. The molecular formula is C13H10Br2N2O3. The summed E-state index contributed by atoms with van der Waals surface area (Å²) >= 11 is 6.89. The summed E-state index contributed by atoms with van der Waals surface area (Å²) in [5.74, 6) is -0.760. The SMILES string of the molecule is COC(=O)c1nn(-c2c(Br)cc(C)cc2Br)ccc1=O. The largest absolute Gasteiger partial charge is 0.464 e. The van der Waals surface area contributed by atoms with Crippen LogP contribution >= 0.6 is 31.9 Å². The minimum Gasteiger partial charge on any atom is -0.464 e. The first-order chi connectivity index (χ1) is 9.43. The molecule has 0 N–H and O–H groups in total. The number of aromatic nitrogens is 2. The van der Waals surface area contributed by atoms with Crippen molar-refractivity contribution in [2.24, 2.45) is 0 Å². The number of carbonyl (C=O) groups excluding carboxylic acids is 1. The highest BCUT2D eigenvalue weighted by Gasteiger charge is 2.15. The molecule has 0 bridgehead atoms. The average Bonchev–Trinajstić information content (AvgIpc) is 2.38. The quantitative estimate of drug-likeness (QED) is 0.726. The lowest BCUT2D eigenvalue weighted by Crippen LogP contribution is -2.21. The Bertz CT molecular complexity index is 718. The summed E-state index contributed by atoms with van der Waals surface area (Å²) in [5, 5.41) is 4.03. The van der Waals surface area contributed by atoms with Gasteiger partial charge in [-0.25, -0.2) is 9.48 Å². The summed E-state index contributed by atoms with van der Waals surface area (Å²) in [5.41, 5.74) is 1.02. The predicted molar refractivity (Wildman–Crippen MR) is 81.3 cm³/mol. The summed E-state index contributed by atoms with van der Waals surface area (Å²) < 4.78 is 7.57. The van der Waals surface area contributed by atoms with Crippen LogP contribution in [0.1, 0.15) is 16.1 Å². The van der Waals surface area contributed by atoms with Crippen LogP contribution in [0.15, 0.2) is 38.1 Å². The second-order valence-corrected chi connectivity index (χ2v) is 5.75. The molecule has 2 rings (SSSR count). The lowest BCUT2D eigenvalue weighted by atomic mass is 10.2. The van der Waals surface area contributed by atoms with Gasteiger partial charge in [-0.2, -0.15) is 5.10 Å². The second-order valence-electron chi connectivity index (χ2n) is 4.04. The van der Waals surface area contributed by atoms with Crippen molar-refractivity contribution in [3.8, 4) is 5.69 Å². The number of rotatable bonds is 2. The maximum absolute atomic E-state index is 11.6. The lowest BCUT2D eigenvalue weighted by molar-refractivity contribution is 0.0590. The van der Waals surface area contributed by atoms with Crippen LogP contribution in [0.3, 0.4) is 0 Å². The highest BCUT2D eigenvalue weighted by atomic mass is 79.9. The molecule has 0 spiro atoms. The molecule has 0 atom stereocenters. The number of hydrogen-bond donors (Lipinski definition) is 0. The normalized spacial score (nSPS) is 10.4. The molecule has 2 aromatic rings. The second kappa shape index (κ2) is 5.88. The molecule has 0 saturated heterocycles. The zero-order chi connectivity index (χ0) is 14.9. The van der Waals surface area contributed by atoms with Crippen molar-refractivity contribution >= 4 is 37.8 Å². The van der Waals surface area contributed by atoms with Gasteiger partial charge in [0.05, 0.1) is 12.8 Å². The summed E-state index contributed by atoms with van der Waals surface area (Å²) in [6.45, 7) is 1.96. The van der Waals surface area contributed by atoms with Crippen LogP contribution in [0.2, 0.25) is 0 Å². The van der Waals surface area contributed by atoms with E-state index in [0.29, 0.717) is 5.69 Å². The fourth-order valence-corrected chi connectivity index (χ4v) is 3.46. The number of halogens is 2. The van der Waals surface area contributed by atoms with Gasteiger partial charge in [-0.1, -0.05) is 0 Å². The number of methoxy groups -OCH3 is 1. The van der Waals surface area contributed by atoms with E-state index in [-0.39, 0.29) is 5.69 Å². The molecule has 5 nitrogen and oxygen atoms in total. The van der Waals surface area contributed by atoms with E-state index >= 15 is 0 Å². The van der Waals surface area contributed by atoms with Crippen molar-refractivity contribution in [3.05, 3.63) is 54.8 Å². The highest BCUT2D eigenvalue weighted by molar-refractivity contribution is 9.11. The van der Waals surface area contributed by atoms with Crippen molar-refractivity contribution in [1.82, 2.24) is 9.78 Å². The molecule has 0 aliphatic heterocycles. The number of carbonyl (C=O) groups is 1. The van der Waals surface area contributed by atoms with E-state index in [1.807, 2.05) is 19.1 Å². The molecule has 0 radical (unpaired) electrons. The molecule has 1 heterocycles. The van der Waals surface area contributed by atoms with Gasteiger partial charge >= 0.3 is 5.97 Å². The van der Waals surface area contributed by atoms with E-state index in [1.165, 1.54) is 24.1 Å². The van der Waals surface area contributed by atoms with E-state index in [1.54, 1.807) is 0 Å². The van der Waals surface area contributed by atoms with Gasteiger partial charge < -0.3 is 4.74 Å². The van der Waals surface area contributed by atoms with Crippen molar-refractivity contribution < 1.29 is 9.53 Å². The van der Waals surface area contributed by atoms with Crippen LogP contribution in [0.4, 0.5) is 0 Å². The molecule has 0 saturated carbocycles. The Morgan fingerprint density at radius 3 is 2.45 bits per heavy atom. The molecule has 0 aliphatic carbocycles. The first-order valence-corrected chi connectivity index (χ1v) is 7.17. The van der Waals surface area contributed by atoms with E-state index < -0.39 is 11.4 Å². The van der Waals surface area contributed by atoms with Crippen molar-refractivity contribution in [3.63, 3.8) is 0 Å². The van der Waals surface area contributed by atoms with Crippen LogP contribution in [0, 0.1) is 6.92 Å². The molecule has 7 heteroatoms. The standard InChI is InChI=1S/C13H10Br2N2O3/c1-7-5-8(14)12(9(15)6-7)17-4-3-10(18)11(16-17)13(19)20-2/h3-6H,1-2H3. The third-order valence-corrected chi connectivity index (χ3v) is 3.79. The molecule has 104 valence electrons. The van der Waals surface area contributed by atoms with Gasteiger partial charge in [0, 0.05) is 21.2 Å². The number of esters is 1. The Morgan fingerprint density at radius 2 is 1.90 bits per heavy atom.